The van der Waals surface area contributed by atoms with E-state index in [1.165, 1.54) is 29.0 Å². The van der Waals surface area contributed by atoms with Gasteiger partial charge < -0.3 is 10.1 Å². The smallest absolute Gasteiger partial charge is 0.417 e. The van der Waals surface area contributed by atoms with Crippen LogP contribution in [0.15, 0.2) is 60.9 Å². The second kappa shape index (κ2) is 8.93. The Balaban J connectivity index is 1.67. The van der Waals surface area contributed by atoms with Crippen LogP contribution in [0.4, 0.5) is 23.2 Å². The number of rotatable bonds is 5. The lowest BCUT2D eigenvalue weighted by Crippen LogP contribution is -2.19. The summed E-state index contributed by atoms with van der Waals surface area (Å²) in [4.78, 5) is 28.9. The molecule has 2 aromatic carbocycles. The molecule has 0 spiro atoms. The molecule has 174 valence electrons. The quantitative estimate of drug-likeness (QED) is 0.327. The Bertz CT molecular complexity index is 1400. The van der Waals surface area contributed by atoms with Gasteiger partial charge in [-0.05, 0) is 43.3 Å². The third kappa shape index (κ3) is 4.45. The third-order valence-electron chi connectivity index (χ3n) is 4.84. The Morgan fingerprint density at radius 2 is 1.88 bits per heavy atom. The van der Waals surface area contributed by atoms with E-state index in [0.29, 0.717) is 11.3 Å². The summed E-state index contributed by atoms with van der Waals surface area (Å²) in [6, 6.07) is 9.75. The molecule has 0 unspecified atom stereocenters. The molecule has 0 saturated heterocycles. The first-order valence-electron chi connectivity index (χ1n) is 9.97. The number of hydrogen-bond acceptors (Lipinski definition) is 5. The van der Waals surface area contributed by atoms with Gasteiger partial charge in [0.25, 0.3) is 5.91 Å². The van der Waals surface area contributed by atoms with Crippen molar-refractivity contribution in [3.8, 4) is 11.3 Å². The highest BCUT2D eigenvalue weighted by atomic mass is 19.4. The number of carbonyl (C=O) groups is 2. The number of anilines is 1. The molecule has 0 aliphatic carbocycles. The molecule has 0 bridgehead atoms. The minimum absolute atomic E-state index is 0.171. The largest absolute Gasteiger partial charge is 0.462 e. The molecular weight excluding hydrogens is 456 g/mol. The Morgan fingerprint density at radius 1 is 1.09 bits per heavy atom. The fraction of sp³-hybridized carbons (Fsp3) is 0.130. The maximum Gasteiger partial charge on any atom is 0.417 e. The average molecular weight is 472 g/mol. The van der Waals surface area contributed by atoms with Crippen LogP contribution in [0.3, 0.4) is 0 Å². The number of hydrogen-bond donors (Lipinski definition) is 1. The zero-order valence-electron chi connectivity index (χ0n) is 17.6. The molecule has 4 aromatic rings. The fourth-order valence-corrected chi connectivity index (χ4v) is 3.37. The molecule has 7 nitrogen and oxygen atoms in total. The van der Waals surface area contributed by atoms with E-state index in [2.05, 4.69) is 15.4 Å². The predicted molar refractivity (Wildman–Crippen MR) is 114 cm³/mol. The first-order valence-corrected chi connectivity index (χ1v) is 9.97. The summed E-state index contributed by atoms with van der Waals surface area (Å²) in [6.45, 7) is 1.85. The van der Waals surface area contributed by atoms with Crippen molar-refractivity contribution in [1.82, 2.24) is 14.6 Å². The molecule has 0 atom stereocenters. The van der Waals surface area contributed by atoms with Crippen molar-refractivity contribution >= 4 is 23.2 Å². The zero-order chi connectivity index (χ0) is 24.5. The number of esters is 1. The highest BCUT2D eigenvalue weighted by Gasteiger charge is 2.35. The van der Waals surface area contributed by atoms with Crippen molar-refractivity contribution in [1.29, 1.82) is 0 Å². The van der Waals surface area contributed by atoms with Gasteiger partial charge in [0.05, 0.1) is 29.6 Å². The van der Waals surface area contributed by atoms with Gasteiger partial charge in [-0.2, -0.15) is 18.3 Å². The van der Waals surface area contributed by atoms with E-state index in [4.69, 9.17) is 4.74 Å². The first kappa shape index (κ1) is 22.9. The minimum Gasteiger partial charge on any atom is -0.462 e. The monoisotopic (exact) mass is 472 g/mol. The zero-order valence-corrected chi connectivity index (χ0v) is 17.6. The van der Waals surface area contributed by atoms with Crippen LogP contribution in [0.2, 0.25) is 0 Å². The second-order valence-electron chi connectivity index (χ2n) is 7.07. The van der Waals surface area contributed by atoms with Crippen molar-refractivity contribution in [2.45, 2.75) is 13.1 Å². The van der Waals surface area contributed by atoms with Crippen LogP contribution in [-0.2, 0) is 10.9 Å². The first-order chi connectivity index (χ1) is 16.2. The van der Waals surface area contributed by atoms with Gasteiger partial charge in [0.1, 0.15) is 11.4 Å². The fourth-order valence-electron chi connectivity index (χ4n) is 3.37. The van der Waals surface area contributed by atoms with E-state index in [1.807, 2.05) is 0 Å². The van der Waals surface area contributed by atoms with Gasteiger partial charge in [-0.15, -0.1) is 0 Å². The molecule has 0 aliphatic heterocycles. The average Bonchev–Trinajstić information content (AvgIpc) is 3.23. The number of benzene rings is 2. The summed E-state index contributed by atoms with van der Waals surface area (Å²) in [6.07, 6.45) is -2.12. The summed E-state index contributed by atoms with van der Waals surface area (Å²) < 4.78 is 59.6. The summed E-state index contributed by atoms with van der Waals surface area (Å²) in [5, 5.41) is 6.60. The molecule has 0 radical (unpaired) electrons. The van der Waals surface area contributed by atoms with Crippen molar-refractivity contribution in [2.24, 2.45) is 0 Å². The van der Waals surface area contributed by atoms with Crippen LogP contribution in [0.1, 0.15) is 33.2 Å². The van der Waals surface area contributed by atoms with Crippen LogP contribution in [0.25, 0.3) is 16.9 Å². The number of aromatic nitrogens is 3. The highest BCUT2D eigenvalue weighted by Crippen LogP contribution is 2.33. The van der Waals surface area contributed by atoms with Crippen LogP contribution in [0, 0.1) is 5.82 Å². The molecule has 0 aliphatic rings. The van der Waals surface area contributed by atoms with Crippen LogP contribution < -0.4 is 5.32 Å². The van der Waals surface area contributed by atoms with Crippen LogP contribution in [0.5, 0.6) is 0 Å². The predicted octanol–water partition coefficient (Wildman–Crippen LogP) is 4.98. The van der Waals surface area contributed by atoms with Crippen molar-refractivity contribution in [3.05, 3.63) is 83.4 Å². The molecule has 4 rings (SSSR count). The number of ether oxygens (including phenoxy) is 1. The summed E-state index contributed by atoms with van der Waals surface area (Å²) in [5.41, 5.74) is -0.414. The third-order valence-corrected chi connectivity index (χ3v) is 4.84. The summed E-state index contributed by atoms with van der Waals surface area (Å²) in [7, 11) is 0. The minimum atomic E-state index is -4.91. The van der Waals surface area contributed by atoms with Crippen LogP contribution in [-0.4, -0.2) is 33.1 Å². The number of carbonyl (C=O) groups excluding carboxylic acids is 2. The lowest BCUT2D eigenvalue weighted by atomic mass is 10.1. The molecule has 0 saturated carbocycles. The maximum atomic E-state index is 13.4. The SMILES string of the molecule is CCOC(=O)c1cnn2c(-c3cccc(NC(=O)c4ccc(F)cc4C(F)(F)F)c3)ccnc12. The van der Waals surface area contributed by atoms with E-state index in [1.54, 1.807) is 25.1 Å². The van der Waals surface area contributed by atoms with Gasteiger partial charge in [0, 0.05) is 17.4 Å². The molecule has 1 N–H and O–H groups in total. The van der Waals surface area contributed by atoms with E-state index >= 15 is 0 Å². The molecule has 11 heteroatoms. The molecule has 0 fully saturated rings. The van der Waals surface area contributed by atoms with Crippen molar-refractivity contribution in [3.63, 3.8) is 0 Å². The van der Waals surface area contributed by atoms with Gasteiger partial charge in [-0.1, -0.05) is 12.1 Å². The lowest BCUT2D eigenvalue weighted by molar-refractivity contribution is -0.138. The van der Waals surface area contributed by atoms with E-state index in [0.717, 1.165) is 12.1 Å². The normalized spacial score (nSPS) is 11.4. The number of fused-ring (bicyclic) bond motifs is 1. The molecule has 2 aromatic heterocycles. The number of nitrogens with zero attached hydrogens (tertiary/aromatic N) is 3. The topological polar surface area (TPSA) is 85.6 Å². The van der Waals surface area contributed by atoms with E-state index in [-0.39, 0.29) is 29.6 Å². The second-order valence-corrected chi connectivity index (χ2v) is 7.07. The van der Waals surface area contributed by atoms with Crippen LogP contribution >= 0.6 is 0 Å². The Morgan fingerprint density at radius 3 is 2.62 bits per heavy atom. The molecule has 1 amide bonds. The van der Waals surface area contributed by atoms with E-state index in [9.17, 15) is 27.2 Å². The Kier molecular flexibility index (Phi) is 6.01. The molecular formula is C23H16F4N4O3. The maximum absolute atomic E-state index is 13.4. The van der Waals surface area contributed by atoms with Crippen molar-refractivity contribution < 1.29 is 31.9 Å². The van der Waals surface area contributed by atoms with Gasteiger partial charge in [0.15, 0.2) is 5.65 Å². The van der Waals surface area contributed by atoms with Gasteiger partial charge in [-0.3, -0.25) is 4.79 Å². The van der Waals surface area contributed by atoms with E-state index < -0.39 is 35.0 Å². The number of nitrogens with one attached hydrogen (secondary N) is 1. The van der Waals surface area contributed by atoms with Gasteiger partial charge >= 0.3 is 12.1 Å². The number of alkyl halides is 3. The molecule has 34 heavy (non-hydrogen) atoms. The lowest BCUT2D eigenvalue weighted by Gasteiger charge is -2.13. The number of halogens is 4. The standard InChI is InChI=1S/C23H16F4N4O3/c1-2-34-22(33)17-12-29-31-19(8-9-28-20(17)31)13-4-3-5-15(10-13)30-21(32)16-7-6-14(24)11-18(16)23(25,26)27/h3-12H,2H2,1H3,(H,30,32). The summed E-state index contributed by atoms with van der Waals surface area (Å²) >= 11 is 0. The summed E-state index contributed by atoms with van der Waals surface area (Å²) in [5.74, 6) is -2.73. The highest BCUT2D eigenvalue weighted by molar-refractivity contribution is 6.05. The van der Waals surface area contributed by atoms with Gasteiger partial charge in [0.2, 0.25) is 0 Å². The van der Waals surface area contributed by atoms with Crippen molar-refractivity contribution in [2.75, 3.05) is 11.9 Å². The Hall–Kier alpha value is -4.28. The number of amides is 1. The molecule has 2 heterocycles. The van der Waals surface area contributed by atoms with Gasteiger partial charge in [-0.25, -0.2) is 18.7 Å². The Labute approximate surface area is 190 Å².